The van der Waals surface area contributed by atoms with Crippen molar-refractivity contribution in [2.75, 3.05) is 31.2 Å². The molecule has 14 heavy (non-hydrogen) atoms. The van der Waals surface area contributed by atoms with Gasteiger partial charge in [-0.15, -0.1) is 11.3 Å². The predicted molar refractivity (Wildman–Crippen MR) is 54.3 cm³/mol. The minimum atomic E-state index is -0.860. The van der Waals surface area contributed by atoms with Gasteiger partial charge in [-0.25, -0.2) is 4.79 Å². The Hall–Kier alpha value is -1.07. The van der Waals surface area contributed by atoms with Crippen LogP contribution in [0.3, 0.4) is 0 Å². The van der Waals surface area contributed by atoms with Crippen molar-refractivity contribution in [3.8, 4) is 0 Å². The highest BCUT2D eigenvalue weighted by Crippen LogP contribution is 2.25. The van der Waals surface area contributed by atoms with Crippen molar-refractivity contribution >= 4 is 22.3 Å². The Morgan fingerprint density at radius 2 is 2.21 bits per heavy atom. The highest BCUT2D eigenvalue weighted by atomic mass is 32.1. The number of thiophene rings is 1. The van der Waals surface area contributed by atoms with E-state index in [1.165, 1.54) is 11.3 Å². The number of anilines is 1. The van der Waals surface area contributed by atoms with Gasteiger partial charge in [0.2, 0.25) is 0 Å². The van der Waals surface area contributed by atoms with E-state index in [2.05, 4.69) is 4.90 Å². The number of rotatable bonds is 2. The summed E-state index contributed by atoms with van der Waals surface area (Å²) >= 11 is 1.47. The predicted octanol–water partition coefficient (Wildman–Crippen LogP) is 1.28. The van der Waals surface area contributed by atoms with Crippen molar-refractivity contribution in [2.24, 2.45) is 0 Å². The molecule has 0 radical (unpaired) electrons. The molecule has 0 aromatic carbocycles. The number of aromatic carboxylic acids is 1. The van der Waals surface area contributed by atoms with Crippen LogP contribution in [0.15, 0.2) is 11.4 Å². The van der Waals surface area contributed by atoms with Crippen LogP contribution in [0.1, 0.15) is 10.4 Å². The summed E-state index contributed by atoms with van der Waals surface area (Å²) in [5, 5.41) is 11.5. The first kappa shape index (κ1) is 9.48. The van der Waals surface area contributed by atoms with Gasteiger partial charge in [0.25, 0.3) is 0 Å². The standard InChI is InChI=1S/C9H11NO3S/c11-9(12)7-5-8(14-6-7)10-1-3-13-4-2-10/h5-6H,1-4H2,(H,11,12). The van der Waals surface area contributed by atoms with E-state index in [1.807, 2.05) is 0 Å². The average molecular weight is 213 g/mol. The maximum atomic E-state index is 10.7. The molecule has 1 saturated heterocycles. The number of carboxylic acids is 1. The molecule has 1 fully saturated rings. The number of nitrogens with zero attached hydrogens (tertiary/aromatic N) is 1. The van der Waals surface area contributed by atoms with Crippen LogP contribution in [0.25, 0.3) is 0 Å². The van der Waals surface area contributed by atoms with Crippen LogP contribution in [0.4, 0.5) is 5.00 Å². The van der Waals surface area contributed by atoms with Crippen molar-refractivity contribution in [3.63, 3.8) is 0 Å². The second kappa shape index (κ2) is 3.98. The number of ether oxygens (including phenoxy) is 1. The molecule has 1 aliphatic heterocycles. The molecule has 0 amide bonds. The molecule has 1 aromatic rings. The normalized spacial score (nSPS) is 17.0. The quantitative estimate of drug-likeness (QED) is 0.804. The first-order valence-corrected chi connectivity index (χ1v) is 5.30. The third kappa shape index (κ3) is 1.88. The Morgan fingerprint density at radius 1 is 1.50 bits per heavy atom. The van der Waals surface area contributed by atoms with Crippen molar-refractivity contribution in [1.82, 2.24) is 0 Å². The molecule has 0 bridgehead atoms. The summed E-state index contributed by atoms with van der Waals surface area (Å²) in [5.41, 5.74) is 0.372. The zero-order valence-corrected chi connectivity index (χ0v) is 8.42. The van der Waals surface area contributed by atoms with E-state index in [4.69, 9.17) is 9.84 Å². The summed E-state index contributed by atoms with van der Waals surface area (Å²) in [6.07, 6.45) is 0. The van der Waals surface area contributed by atoms with E-state index in [9.17, 15) is 4.79 Å². The van der Waals surface area contributed by atoms with Gasteiger partial charge >= 0.3 is 5.97 Å². The largest absolute Gasteiger partial charge is 0.478 e. The molecule has 0 unspecified atom stereocenters. The fourth-order valence-corrected chi connectivity index (χ4v) is 2.33. The van der Waals surface area contributed by atoms with Gasteiger partial charge in [0.15, 0.2) is 0 Å². The van der Waals surface area contributed by atoms with Gasteiger partial charge < -0.3 is 14.7 Å². The van der Waals surface area contributed by atoms with E-state index in [-0.39, 0.29) is 0 Å². The van der Waals surface area contributed by atoms with Gasteiger partial charge in [-0.05, 0) is 6.07 Å². The molecule has 0 atom stereocenters. The van der Waals surface area contributed by atoms with Crippen LogP contribution >= 0.6 is 11.3 Å². The Balaban J connectivity index is 2.11. The maximum Gasteiger partial charge on any atom is 0.336 e. The SMILES string of the molecule is O=C(O)c1csc(N2CCOCC2)c1. The lowest BCUT2D eigenvalue weighted by atomic mass is 10.3. The molecule has 5 heteroatoms. The smallest absolute Gasteiger partial charge is 0.336 e. The molecule has 1 N–H and O–H groups in total. The second-order valence-corrected chi connectivity index (χ2v) is 3.97. The summed E-state index contributed by atoms with van der Waals surface area (Å²) in [6, 6.07) is 1.72. The van der Waals surface area contributed by atoms with Crippen molar-refractivity contribution in [3.05, 3.63) is 17.0 Å². The zero-order chi connectivity index (χ0) is 9.97. The Bertz CT molecular complexity index is 331. The van der Waals surface area contributed by atoms with Crippen LogP contribution in [0.5, 0.6) is 0 Å². The molecule has 2 rings (SSSR count). The van der Waals surface area contributed by atoms with Gasteiger partial charge in [0.1, 0.15) is 0 Å². The first-order valence-electron chi connectivity index (χ1n) is 4.42. The molecule has 0 aliphatic carbocycles. The number of carboxylic acid groups (broad SMARTS) is 1. The third-order valence-corrected chi connectivity index (χ3v) is 3.14. The second-order valence-electron chi connectivity index (χ2n) is 3.08. The summed E-state index contributed by atoms with van der Waals surface area (Å²) in [7, 11) is 0. The molecule has 4 nitrogen and oxygen atoms in total. The van der Waals surface area contributed by atoms with Gasteiger partial charge in [-0.1, -0.05) is 0 Å². The fourth-order valence-electron chi connectivity index (χ4n) is 1.39. The van der Waals surface area contributed by atoms with Gasteiger partial charge in [0, 0.05) is 18.5 Å². The van der Waals surface area contributed by atoms with Gasteiger partial charge in [-0.2, -0.15) is 0 Å². The monoisotopic (exact) mass is 213 g/mol. The fraction of sp³-hybridized carbons (Fsp3) is 0.444. The lowest BCUT2D eigenvalue weighted by Gasteiger charge is -2.27. The van der Waals surface area contributed by atoms with Crippen LogP contribution < -0.4 is 4.90 Å². The zero-order valence-electron chi connectivity index (χ0n) is 7.60. The number of carbonyl (C=O) groups is 1. The highest BCUT2D eigenvalue weighted by Gasteiger charge is 2.14. The molecule has 1 aromatic heterocycles. The molecule has 1 aliphatic rings. The van der Waals surface area contributed by atoms with Crippen molar-refractivity contribution in [1.29, 1.82) is 0 Å². The summed E-state index contributed by atoms with van der Waals surface area (Å²) in [6.45, 7) is 3.14. The van der Waals surface area contributed by atoms with E-state index in [0.717, 1.165) is 31.3 Å². The van der Waals surface area contributed by atoms with E-state index >= 15 is 0 Å². The summed E-state index contributed by atoms with van der Waals surface area (Å²) in [4.78, 5) is 12.8. The molecule has 2 heterocycles. The van der Waals surface area contributed by atoms with Crippen molar-refractivity contribution in [2.45, 2.75) is 0 Å². The Labute approximate surface area is 85.7 Å². The lowest BCUT2D eigenvalue weighted by molar-refractivity contribution is 0.0697. The van der Waals surface area contributed by atoms with Crippen LogP contribution in [-0.4, -0.2) is 37.4 Å². The first-order chi connectivity index (χ1) is 6.77. The number of morpholine rings is 1. The molecular formula is C9H11NO3S. The Kier molecular flexibility index (Phi) is 2.69. The molecule has 76 valence electrons. The van der Waals surface area contributed by atoms with Gasteiger partial charge in [0.05, 0.1) is 23.8 Å². The van der Waals surface area contributed by atoms with E-state index < -0.39 is 5.97 Å². The van der Waals surface area contributed by atoms with Crippen molar-refractivity contribution < 1.29 is 14.6 Å². The molecule has 0 saturated carbocycles. The van der Waals surface area contributed by atoms with E-state index in [0.29, 0.717) is 5.56 Å². The highest BCUT2D eigenvalue weighted by molar-refractivity contribution is 7.14. The maximum absolute atomic E-state index is 10.7. The minimum Gasteiger partial charge on any atom is -0.478 e. The van der Waals surface area contributed by atoms with Gasteiger partial charge in [-0.3, -0.25) is 0 Å². The summed E-state index contributed by atoms with van der Waals surface area (Å²) in [5.74, 6) is -0.860. The average Bonchev–Trinajstić information content (AvgIpc) is 2.68. The molecule has 0 spiro atoms. The Morgan fingerprint density at radius 3 is 2.79 bits per heavy atom. The topological polar surface area (TPSA) is 49.8 Å². The van der Waals surface area contributed by atoms with Crippen LogP contribution in [0, 0.1) is 0 Å². The molecular weight excluding hydrogens is 202 g/mol. The minimum absolute atomic E-state index is 0.372. The lowest BCUT2D eigenvalue weighted by Crippen LogP contribution is -2.35. The van der Waals surface area contributed by atoms with Crippen LogP contribution in [0.2, 0.25) is 0 Å². The van der Waals surface area contributed by atoms with E-state index in [1.54, 1.807) is 11.4 Å². The number of hydrogen-bond donors (Lipinski definition) is 1. The van der Waals surface area contributed by atoms with Crippen LogP contribution in [-0.2, 0) is 4.74 Å². The third-order valence-electron chi connectivity index (χ3n) is 2.16. The summed E-state index contributed by atoms with van der Waals surface area (Å²) < 4.78 is 5.22. The number of hydrogen-bond acceptors (Lipinski definition) is 4.